The SMILES string of the molecule is CCCCCCOc1c2c(c(OC(C)C)c3ccccc13)CN(c1ccc(C(CC)C(=O)O)cc1)C2=O. The van der Waals surface area contributed by atoms with Gasteiger partial charge in [0.05, 0.1) is 30.7 Å². The Balaban J connectivity index is 1.76. The number of ether oxygens (including phenoxy) is 2. The van der Waals surface area contributed by atoms with E-state index in [1.54, 1.807) is 17.0 Å². The van der Waals surface area contributed by atoms with Gasteiger partial charge in [-0.05, 0) is 44.4 Å². The molecule has 0 aromatic heterocycles. The van der Waals surface area contributed by atoms with E-state index in [0.29, 0.717) is 30.9 Å². The zero-order chi connectivity index (χ0) is 26.5. The Kier molecular flexibility index (Phi) is 8.37. The first-order chi connectivity index (χ1) is 17.9. The quantitative estimate of drug-likeness (QED) is 0.262. The van der Waals surface area contributed by atoms with Crippen LogP contribution in [-0.4, -0.2) is 29.7 Å². The van der Waals surface area contributed by atoms with E-state index >= 15 is 0 Å². The molecular weight excluding hydrogens is 466 g/mol. The molecule has 1 aliphatic heterocycles. The maximum absolute atomic E-state index is 13.9. The second kappa shape index (κ2) is 11.7. The van der Waals surface area contributed by atoms with Gasteiger partial charge in [-0.15, -0.1) is 0 Å². The van der Waals surface area contributed by atoms with Crippen LogP contribution in [0.5, 0.6) is 11.5 Å². The van der Waals surface area contributed by atoms with Gasteiger partial charge < -0.3 is 19.5 Å². The Labute approximate surface area is 219 Å². The zero-order valence-corrected chi connectivity index (χ0v) is 22.3. The molecule has 0 fully saturated rings. The Morgan fingerprint density at radius 1 is 0.973 bits per heavy atom. The van der Waals surface area contributed by atoms with Crippen LogP contribution in [-0.2, 0) is 11.3 Å². The molecule has 3 aromatic rings. The first-order valence-corrected chi connectivity index (χ1v) is 13.4. The zero-order valence-electron chi connectivity index (χ0n) is 22.3. The number of hydrogen-bond acceptors (Lipinski definition) is 4. The number of hydrogen-bond donors (Lipinski definition) is 1. The highest BCUT2D eigenvalue weighted by atomic mass is 16.5. The topological polar surface area (TPSA) is 76.1 Å². The fraction of sp³-hybridized carbons (Fsp3) is 0.419. The Bertz CT molecular complexity index is 1260. The summed E-state index contributed by atoms with van der Waals surface area (Å²) in [5.74, 6) is -0.189. The molecule has 1 amide bonds. The average molecular weight is 504 g/mol. The second-order valence-electron chi connectivity index (χ2n) is 9.92. The lowest BCUT2D eigenvalue weighted by atomic mass is 9.96. The van der Waals surface area contributed by atoms with Crippen LogP contribution in [0, 0.1) is 0 Å². The van der Waals surface area contributed by atoms with Crippen LogP contribution in [0.3, 0.4) is 0 Å². The highest BCUT2D eigenvalue weighted by Gasteiger charge is 2.37. The van der Waals surface area contributed by atoms with Gasteiger partial charge in [0.15, 0.2) is 0 Å². The molecule has 1 atom stereocenters. The molecule has 6 heteroatoms. The number of carbonyl (C=O) groups excluding carboxylic acids is 1. The third kappa shape index (κ3) is 5.43. The molecule has 1 heterocycles. The normalized spacial score (nSPS) is 13.8. The van der Waals surface area contributed by atoms with E-state index in [4.69, 9.17) is 9.47 Å². The van der Waals surface area contributed by atoms with Gasteiger partial charge in [-0.1, -0.05) is 69.5 Å². The summed E-state index contributed by atoms with van der Waals surface area (Å²) in [5.41, 5.74) is 2.85. The van der Waals surface area contributed by atoms with Crippen molar-refractivity contribution < 1.29 is 24.2 Å². The smallest absolute Gasteiger partial charge is 0.310 e. The predicted octanol–water partition coefficient (Wildman–Crippen LogP) is 7.32. The van der Waals surface area contributed by atoms with Crippen LogP contribution >= 0.6 is 0 Å². The summed E-state index contributed by atoms with van der Waals surface area (Å²) in [6.07, 6.45) is 4.78. The van der Waals surface area contributed by atoms with Crippen molar-refractivity contribution in [3.05, 3.63) is 65.2 Å². The monoisotopic (exact) mass is 503 g/mol. The maximum atomic E-state index is 13.9. The van der Waals surface area contributed by atoms with Crippen LogP contribution in [0.4, 0.5) is 5.69 Å². The summed E-state index contributed by atoms with van der Waals surface area (Å²) in [7, 11) is 0. The summed E-state index contributed by atoms with van der Waals surface area (Å²) in [6, 6.07) is 15.2. The van der Waals surface area contributed by atoms with E-state index in [1.807, 2.05) is 57.2 Å². The van der Waals surface area contributed by atoms with Gasteiger partial charge in [0.1, 0.15) is 11.5 Å². The number of rotatable bonds is 12. The van der Waals surface area contributed by atoms with Crippen LogP contribution in [0.15, 0.2) is 48.5 Å². The van der Waals surface area contributed by atoms with Crippen LogP contribution in [0.2, 0.25) is 0 Å². The summed E-state index contributed by atoms with van der Waals surface area (Å²) in [6.45, 7) is 8.92. The number of carboxylic acids is 1. The van der Waals surface area contributed by atoms with Crippen molar-refractivity contribution in [1.82, 2.24) is 0 Å². The Hall–Kier alpha value is -3.54. The van der Waals surface area contributed by atoms with E-state index in [1.165, 1.54) is 0 Å². The van der Waals surface area contributed by atoms with Crippen LogP contribution in [0.25, 0.3) is 10.8 Å². The Morgan fingerprint density at radius 3 is 2.24 bits per heavy atom. The highest BCUT2D eigenvalue weighted by Crippen LogP contribution is 2.46. The van der Waals surface area contributed by atoms with Crippen molar-refractivity contribution in [2.45, 2.75) is 78.4 Å². The van der Waals surface area contributed by atoms with E-state index in [9.17, 15) is 14.7 Å². The Morgan fingerprint density at radius 2 is 1.65 bits per heavy atom. The minimum Gasteiger partial charge on any atom is -0.492 e. The van der Waals surface area contributed by atoms with Crippen LogP contribution < -0.4 is 14.4 Å². The number of carbonyl (C=O) groups is 2. The number of benzene rings is 3. The highest BCUT2D eigenvalue weighted by molar-refractivity contribution is 6.16. The number of unbranched alkanes of at least 4 members (excludes halogenated alkanes) is 3. The molecule has 0 aliphatic carbocycles. The van der Waals surface area contributed by atoms with Gasteiger partial charge in [-0.25, -0.2) is 0 Å². The number of carboxylic acid groups (broad SMARTS) is 1. The van der Waals surface area contributed by atoms with Gasteiger partial charge in [0.2, 0.25) is 0 Å². The molecule has 0 spiro atoms. The molecule has 0 radical (unpaired) electrons. The van der Waals surface area contributed by atoms with E-state index in [2.05, 4.69) is 6.92 Å². The molecule has 1 aliphatic rings. The third-order valence-electron chi connectivity index (χ3n) is 6.91. The first kappa shape index (κ1) is 26.5. The molecule has 4 rings (SSSR count). The molecule has 37 heavy (non-hydrogen) atoms. The number of nitrogens with zero attached hydrogens (tertiary/aromatic N) is 1. The standard InChI is InChI=1S/C31H37NO5/c1-5-7-8-11-18-36-29-25-13-10-9-12-24(25)28(37-20(3)4)26-19-32(30(33)27(26)29)22-16-14-21(15-17-22)23(6-2)31(34)35/h9-10,12-17,20,23H,5-8,11,18-19H2,1-4H3,(H,34,35). The van der Waals surface area contributed by atoms with Crippen molar-refractivity contribution in [2.24, 2.45) is 0 Å². The summed E-state index contributed by atoms with van der Waals surface area (Å²) in [4.78, 5) is 27.2. The van der Waals surface area contributed by atoms with Gasteiger partial charge in [0, 0.05) is 22.0 Å². The first-order valence-electron chi connectivity index (χ1n) is 13.4. The summed E-state index contributed by atoms with van der Waals surface area (Å²) in [5, 5.41) is 11.3. The fourth-order valence-corrected chi connectivity index (χ4v) is 5.04. The van der Waals surface area contributed by atoms with E-state index in [0.717, 1.165) is 59.0 Å². The third-order valence-corrected chi connectivity index (χ3v) is 6.91. The lowest BCUT2D eigenvalue weighted by Crippen LogP contribution is -2.23. The largest absolute Gasteiger partial charge is 0.492 e. The van der Waals surface area contributed by atoms with Crippen molar-refractivity contribution in [3.63, 3.8) is 0 Å². The van der Waals surface area contributed by atoms with Crippen molar-refractivity contribution in [2.75, 3.05) is 11.5 Å². The number of fused-ring (bicyclic) bond motifs is 2. The molecule has 3 aromatic carbocycles. The van der Waals surface area contributed by atoms with Gasteiger partial charge in [-0.3, -0.25) is 9.59 Å². The predicted molar refractivity (Wildman–Crippen MR) is 147 cm³/mol. The fourth-order valence-electron chi connectivity index (χ4n) is 5.04. The lowest BCUT2D eigenvalue weighted by molar-refractivity contribution is -0.138. The maximum Gasteiger partial charge on any atom is 0.310 e. The second-order valence-corrected chi connectivity index (χ2v) is 9.92. The molecule has 196 valence electrons. The lowest BCUT2D eigenvalue weighted by Gasteiger charge is -2.19. The molecule has 1 N–H and O–H groups in total. The van der Waals surface area contributed by atoms with Gasteiger partial charge in [0.25, 0.3) is 5.91 Å². The summed E-state index contributed by atoms with van der Waals surface area (Å²) < 4.78 is 12.7. The number of amides is 1. The van der Waals surface area contributed by atoms with Crippen molar-refractivity contribution in [3.8, 4) is 11.5 Å². The van der Waals surface area contributed by atoms with Gasteiger partial charge in [-0.2, -0.15) is 0 Å². The number of aliphatic carboxylic acids is 1. The molecule has 0 saturated heterocycles. The van der Waals surface area contributed by atoms with Crippen molar-refractivity contribution in [1.29, 1.82) is 0 Å². The molecule has 1 unspecified atom stereocenters. The summed E-state index contributed by atoms with van der Waals surface area (Å²) >= 11 is 0. The molecular formula is C31H37NO5. The minimum atomic E-state index is -0.845. The van der Waals surface area contributed by atoms with E-state index in [-0.39, 0.29) is 12.0 Å². The average Bonchev–Trinajstić information content (AvgIpc) is 3.22. The van der Waals surface area contributed by atoms with Gasteiger partial charge >= 0.3 is 5.97 Å². The molecule has 6 nitrogen and oxygen atoms in total. The van der Waals surface area contributed by atoms with E-state index < -0.39 is 11.9 Å². The minimum absolute atomic E-state index is 0.0567. The number of anilines is 1. The molecule has 0 saturated carbocycles. The van der Waals surface area contributed by atoms with Crippen LogP contribution in [0.1, 0.15) is 87.2 Å². The molecule has 0 bridgehead atoms. The van der Waals surface area contributed by atoms with Crippen molar-refractivity contribution >= 4 is 28.3 Å².